The van der Waals surface area contributed by atoms with Crippen LogP contribution < -0.4 is 15.0 Å². The van der Waals surface area contributed by atoms with Gasteiger partial charge < -0.3 is 19.5 Å². The molecule has 7 nitrogen and oxygen atoms in total. The highest BCUT2D eigenvalue weighted by molar-refractivity contribution is 6.11. The first-order chi connectivity index (χ1) is 17.0. The molecule has 2 amide bonds. The van der Waals surface area contributed by atoms with Crippen LogP contribution in [0, 0.1) is 6.92 Å². The summed E-state index contributed by atoms with van der Waals surface area (Å²) in [5, 5.41) is 2.99. The highest BCUT2D eigenvalue weighted by Gasteiger charge is 2.24. The van der Waals surface area contributed by atoms with E-state index in [0.717, 1.165) is 41.8 Å². The molecule has 0 aliphatic carbocycles. The van der Waals surface area contributed by atoms with E-state index in [9.17, 15) is 9.59 Å². The fraction of sp³-hybridized carbons (Fsp3) is 0.250. The van der Waals surface area contributed by atoms with E-state index in [4.69, 9.17) is 4.74 Å². The Morgan fingerprint density at radius 1 is 1.03 bits per heavy atom. The largest absolute Gasteiger partial charge is 0.496 e. The zero-order valence-electron chi connectivity index (χ0n) is 20.6. The molecule has 0 fully saturated rings. The van der Waals surface area contributed by atoms with Gasteiger partial charge in [-0.3, -0.25) is 9.59 Å². The molecule has 0 saturated heterocycles. The number of halogens is 1. The number of nitrogens with zero attached hydrogens (tertiary/aromatic N) is 3. The smallest absolute Gasteiger partial charge is 0.259 e. The maximum atomic E-state index is 13.5. The third kappa shape index (κ3) is 4.54. The van der Waals surface area contributed by atoms with Crippen molar-refractivity contribution in [2.24, 2.45) is 7.05 Å². The number of fused-ring (bicyclic) bond motifs is 2. The molecular formula is C28H29ClN4O3. The lowest BCUT2D eigenvalue weighted by atomic mass is 10.1. The van der Waals surface area contributed by atoms with Gasteiger partial charge in [-0.25, -0.2) is 4.98 Å². The fourth-order valence-corrected chi connectivity index (χ4v) is 4.75. The number of anilines is 2. The molecule has 8 heteroatoms. The number of methoxy groups -OCH3 is 1. The second-order valence-corrected chi connectivity index (χ2v) is 8.80. The summed E-state index contributed by atoms with van der Waals surface area (Å²) >= 11 is 0. The number of hydrogen-bond donors (Lipinski definition) is 1. The highest BCUT2D eigenvalue weighted by Crippen LogP contribution is 2.30. The number of amides is 2. The Kier molecular flexibility index (Phi) is 7.31. The summed E-state index contributed by atoms with van der Waals surface area (Å²) in [5.74, 6) is 0.800. The number of nitrogens with one attached hydrogen (secondary N) is 1. The molecule has 186 valence electrons. The molecule has 0 unspecified atom stereocenters. The van der Waals surface area contributed by atoms with E-state index < -0.39 is 0 Å². The maximum Gasteiger partial charge on any atom is 0.259 e. The third-order valence-electron chi connectivity index (χ3n) is 6.66. The molecule has 0 saturated carbocycles. The minimum atomic E-state index is -0.313. The normalized spacial score (nSPS) is 12.9. The van der Waals surface area contributed by atoms with Crippen LogP contribution in [0.5, 0.6) is 5.75 Å². The van der Waals surface area contributed by atoms with Crippen molar-refractivity contribution in [3.8, 4) is 5.75 Å². The van der Waals surface area contributed by atoms with E-state index >= 15 is 0 Å². The molecule has 5 rings (SSSR count). The van der Waals surface area contributed by atoms with Gasteiger partial charge in [-0.1, -0.05) is 24.3 Å². The Bertz CT molecular complexity index is 1450. The summed E-state index contributed by atoms with van der Waals surface area (Å²) in [5.41, 5.74) is 5.31. The maximum absolute atomic E-state index is 13.5. The van der Waals surface area contributed by atoms with Crippen molar-refractivity contribution < 1.29 is 14.3 Å². The van der Waals surface area contributed by atoms with Crippen molar-refractivity contribution in [2.45, 2.75) is 26.2 Å². The number of aryl methyl sites for hydroxylation is 3. The number of rotatable bonds is 4. The third-order valence-corrected chi connectivity index (χ3v) is 6.66. The fourth-order valence-electron chi connectivity index (χ4n) is 4.75. The standard InChI is InChI=1S/C28H28N4O3.ClH/c1-18-29-22-11-8-12-23(26(22)31(18)2)30-27(33)21-15-14-20(17-25(21)35-3)28(34)32-16-7-6-10-19-9-4-5-13-24(19)32;/h4-5,8-9,11-15,17H,6-7,10,16H2,1-3H3,(H,30,33);1H. The molecule has 1 aliphatic rings. The minimum absolute atomic E-state index is 0. The number of hydrogen-bond acceptors (Lipinski definition) is 4. The summed E-state index contributed by atoms with van der Waals surface area (Å²) in [6.45, 7) is 2.58. The number of para-hydroxylation sites is 2. The van der Waals surface area contributed by atoms with Gasteiger partial charge in [-0.2, -0.15) is 0 Å². The van der Waals surface area contributed by atoms with Crippen LogP contribution in [0.4, 0.5) is 11.4 Å². The molecule has 4 aromatic rings. The van der Waals surface area contributed by atoms with Gasteiger partial charge in [0, 0.05) is 24.8 Å². The van der Waals surface area contributed by atoms with Gasteiger partial charge in [-0.05, 0) is 68.1 Å². The molecule has 0 radical (unpaired) electrons. The monoisotopic (exact) mass is 504 g/mol. The van der Waals surface area contributed by atoms with Crippen molar-refractivity contribution in [2.75, 3.05) is 23.9 Å². The molecule has 3 aromatic carbocycles. The van der Waals surface area contributed by atoms with Gasteiger partial charge in [0.1, 0.15) is 11.6 Å². The summed E-state index contributed by atoms with van der Waals surface area (Å²) < 4.78 is 7.49. The molecule has 36 heavy (non-hydrogen) atoms. The summed E-state index contributed by atoms with van der Waals surface area (Å²) in [6.07, 6.45) is 2.95. The van der Waals surface area contributed by atoms with Gasteiger partial charge in [0.05, 0.1) is 29.4 Å². The molecule has 1 aromatic heterocycles. The number of carbonyl (C=O) groups excluding carboxylic acids is 2. The lowest BCUT2D eigenvalue weighted by Crippen LogP contribution is -2.31. The average molecular weight is 505 g/mol. The zero-order chi connectivity index (χ0) is 24.5. The summed E-state index contributed by atoms with van der Waals surface area (Å²) in [7, 11) is 3.43. The number of aromatic nitrogens is 2. The molecule has 1 aliphatic heterocycles. The van der Waals surface area contributed by atoms with Gasteiger partial charge in [0.2, 0.25) is 0 Å². The lowest BCUT2D eigenvalue weighted by Gasteiger charge is -2.23. The number of ether oxygens (including phenoxy) is 1. The van der Waals surface area contributed by atoms with Crippen LogP contribution in [0.2, 0.25) is 0 Å². The van der Waals surface area contributed by atoms with Crippen LogP contribution in [0.3, 0.4) is 0 Å². The lowest BCUT2D eigenvalue weighted by molar-refractivity contribution is 0.0982. The first kappa shape index (κ1) is 25.3. The van der Waals surface area contributed by atoms with Gasteiger partial charge in [0.25, 0.3) is 11.8 Å². The van der Waals surface area contributed by atoms with Gasteiger partial charge in [-0.15, -0.1) is 12.4 Å². The Morgan fingerprint density at radius 3 is 2.64 bits per heavy atom. The highest BCUT2D eigenvalue weighted by atomic mass is 35.5. The molecule has 1 N–H and O–H groups in total. The molecule has 0 bridgehead atoms. The predicted octanol–water partition coefficient (Wildman–Crippen LogP) is 5.55. The Hall–Kier alpha value is -3.84. The first-order valence-corrected chi connectivity index (χ1v) is 11.8. The van der Waals surface area contributed by atoms with Crippen LogP contribution >= 0.6 is 12.4 Å². The second kappa shape index (κ2) is 10.4. The summed E-state index contributed by atoms with van der Waals surface area (Å²) in [4.78, 5) is 33.1. The van der Waals surface area contributed by atoms with Crippen LogP contribution in [-0.4, -0.2) is 35.0 Å². The second-order valence-electron chi connectivity index (χ2n) is 8.80. The number of imidazole rings is 1. The Labute approximate surface area is 216 Å². The number of benzene rings is 3. The van der Waals surface area contributed by atoms with E-state index in [-0.39, 0.29) is 24.2 Å². The molecule has 0 spiro atoms. The van der Waals surface area contributed by atoms with Gasteiger partial charge in [0.15, 0.2) is 0 Å². The van der Waals surface area contributed by atoms with E-state index in [0.29, 0.717) is 29.1 Å². The predicted molar refractivity (Wildman–Crippen MR) is 145 cm³/mol. The first-order valence-electron chi connectivity index (χ1n) is 11.8. The van der Waals surface area contributed by atoms with Crippen LogP contribution in [0.15, 0.2) is 60.7 Å². The van der Waals surface area contributed by atoms with Gasteiger partial charge >= 0.3 is 0 Å². The van der Waals surface area contributed by atoms with E-state index in [1.54, 1.807) is 18.2 Å². The minimum Gasteiger partial charge on any atom is -0.496 e. The van der Waals surface area contributed by atoms with E-state index in [1.807, 2.05) is 59.8 Å². The Morgan fingerprint density at radius 2 is 1.83 bits per heavy atom. The van der Waals surface area contributed by atoms with Crippen LogP contribution in [0.1, 0.15) is 44.9 Å². The SMILES string of the molecule is COc1cc(C(=O)N2CCCCc3ccccc32)ccc1C(=O)Nc1cccc2nc(C)n(C)c12.Cl. The van der Waals surface area contributed by atoms with Crippen molar-refractivity contribution >= 4 is 46.6 Å². The van der Waals surface area contributed by atoms with Crippen molar-refractivity contribution in [3.63, 3.8) is 0 Å². The molecule has 2 heterocycles. The number of carbonyl (C=O) groups is 2. The topological polar surface area (TPSA) is 76.5 Å². The Balaban J connectivity index is 0.00000304. The molecule has 0 atom stereocenters. The van der Waals surface area contributed by atoms with Crippen molar-refractivity contribution in [3.05, 3.63) is 83.2 Å². The molecular weight excluding hydrogens is 476 g/mol. The van der Waals surface area contributed by atoms with Crippen LogP contribution in [0.25, 0.3) is 11.0 Å². The summed E-state index contributed by atoms with van der Waals surface area (Å²) in [6, 6.07) is 18.7. The van der Waals surface area contributed by atoms with Crippen molar-refractivity contribution in [1.29, 1.82) is 0 Å². The quantitative estimate of drug-likeness (QED) is 0.395. The van der Waals surface area contributed by atoms with Crippen LogP contribution in [-0.2, 0) is 13.5 Å². The van der Waals surface area contributed by atoms with E-state index in [2.05, 4.69) is 16.4 Å². The average Bonchev–Trinajstić information content (AvgIpc) is 3.04. The van der Waals surface area contributed by atoms with E-state index in [1.165, 1.54) is 12.7 Å². The zero-order valence-corrected chi connectivity index (χ0v) is 21.4. The van der Waals surface area contributed by atoms with Crippen molar-refractivity contribution in [1.82, 2.24) is 9.55 Å².